The van der Waals surface area contributed by atoms with Crippen LogP contribution in [0.2, 0.25) is 0 Å². The lowest BCUT2D eigenvalue weighted by molar-refractivity contribution is 0.0846. The van der Waals surface area contributed by atoms with Gasteiger partial charge in [0.15, 0.2) is 0 Å². The predicted molar refractivity (Wildman–Crippen MR) is 114 cm³/mol. The van der Waals surface area contributed by atoms with Crippen LogP contribution in [-0.4, -0.2) is 26.2 Å². The Hall–Kier alpha value is -4.13. The van der Waals surface area contributed by atoms with Gasteiger partial charge in [0.25, 0.3) is 11.8 Å². The third kappa shape index (κ3) is 3.60. The molecule has 7 nitrogen and oxygen atoms in total. The normalized spacial score (nSPS) is 10.6. The number of aryl methyl sites for hydroxylation is 1. The second kappa shape index (κ2) is 8.08. The number of carbonyl (C=O) groups is 2. The molecule has 0 fully saturated rings. The van der Waals surface area contributed by atoms with Crippen molar-refractivity contribution in [3.8, 4) is 11.4 Å². The van der Waals surface area contributed by atoms with Crippen LogP contribution in [0, 0.1) is 13.8 Å². The zero-order chi connectivity index (χ0) is 21.1. The molecule has 4 aromatic rings. The fraction of sp³-hybridized carbons (Fsp3) is 0.0870. The Balaban J connectivity index is 1.53. The van der Waals surface area contributed by atoms with Gasteiger partial charge in [-0.05, 0) is 50.2 Å². The number of rotatable bonds is 4. The summed E-state index contributed by atoms with van der Waals surface area (Å²) in [5.41, 5.74) is 8.76. The van der Waals surface area contributed by atoms with Crippen molar-refractivity contribution in [3.05, 3.63) is 102 Å². The van der Waals surface area contributed by atoms with Crippen molar-refractivity contribution in [2.75, 3.05) is 0 Å². The number of nitrogens with one attached hydrogen (secondary N) is 2. The van der Waals surface area contributed by atoms with Crippen molar-refractivity contribution in [2.24, 2.45) is 0 Å². The van der Waals surface area contributed by atoms with Gasteiger partial charge in [0.05, 0.1) is 33.9 Å². The van der Waals surface area contributed by atoms with Crippen molar-refractivity contribution >= 4 is 11.8 Å². The molecule has 0 atom stereocenters. The molecule has 0 radical (unpaired) electrons. The van der Waals surface area contributed by atoms with E-state index in [1.807, 2.05) is 78.5 Å². The van der Waals surface area contributed by atoms with Crippen LogP contribution in [0.3, 0.4) is 0 Å². The molecule has 2 heterocycles. The highest BCUT2D eigenvalue weighted by atomic mass is 16.2. The van der Waals surface area contributed by atoms with E-state index in [0.717, 1.165) is 11.4 Å². The summed E-state index contributed by atoms with van der Waals surface area (Å²) in [6.07, 6.45) is 3.71. The van der Waals surface area contributed by atoms with Gasteiger partial charge in [0, 0.05) is 12.4 Å². The Bertz CT molecular complexity index is 1190. The number of para-hydroxylation sites is 2. The molecule has 7 heteroatoms. The topological polar surface area (TPSA) is 81.0 Å². The first-order chi connectivity index (χ1) is 14.6. The average molecular weight is 399 g/mol. The molecule has 150 valence electrons. The maximum Gasteiger partial charge on any atom is 0.273 e. The van der Waals surface area contributed by atoms with Crippen LogP contribution in [0.15, 0.2) is 79.1 Å². The van der Waals surface area contributed by atoms with Gasteiger partial charge in [-0.1, -0.05) is 30.3 Å². The molecule has 0 unspecified atom stereocenters. The molecular formula is C23H21N5O2. The first-order valence-corrected chi connectivity index (χ1v) is 9.51. The summed E-state index contributed by atoms with van der Waals surface area (Å²) in [5.74, 6) is -0.822. The molecule has 0 saturated carbocycles. The van der Waals surface area contributed by atoms with Crippen LogP contribution in [-0.2, 0) is 0 Å². The number of nitrogens with zero attached hydrogens (tertiary/aromatic N) is 3. The minimum atomic E-state index is -0.418. The summed E-state index contributed by atoms with van der Waals surface area (Å²) in [6.45, 7) is 3.59. The molecule has 2 aromatic carbocycles. The summed E-state index contributed by atoms with van der Waals surface area (Å²) < 4.78 is 3.56. The fourth-order valence-corrected chi connectivity index (χ4v) is 3.42. The Morgan fingerprint density at radius 2 is 1.43 bits per heavy atom. The van der Waals surface area contributed by atoms with Gasteiger partial charge in [-0.2, -0.15) is 5.10 Å². The number of hydrogen-bond donors (Lipinski definition) is 2. The highest BCUT2D eigenvalue weighted by molar-refractivity contribution is 6.01. The largest absolute Gasteiger partial charge is 0.323 e. The lowest BCUT2D eigenvalue weighted by Gasteiger charge is -2.12. The Morgan fingerprint density at radius 3 is 2.17 bits per heavy atom. The van der Waals surface area contributed by atoms with E-state index in [4.69, 9.17) is 0 Å². The van der Waals surface area contributed by atoms with Crippen molar-refractivity contribution in [1.29, 1.82) is 0 Å². The zero-order valence-corrected chi connectivity index (χ0v) is 16.7. The third-order valence-electron chi connectivity index (χ3n) is 4.84. The average Bonchev–Trinajstić information content (AvgIpc) is 3.40. The maximum absolute atomic E-state index is 12.8. The molecular weight excluding hydrogens is 378 g/mol. The minimum Gasteiger partial charge on any atom is -0.323 e. The second-order valence-corrected chi connectivity index (χ2v) is 6.81. The maximum atomic E-state index is 12.8. The predicted octanol–water partition coefficient (Wildman–Crippen LogP) is 3.35. The number of benzene rings is 2. The fourth-order valence-electron chi connectivity index (χ4n) is 3.42. The second-order valence-electron chi connectivity index (χ2n) is 6.81. The van der Waals surface area contributed by atoms with Gasteiger partial charge in [0.2, 0.25) is 0 Å². The summed E-state index contributed by atoms with van der Waals surface area (Å²) >= 11 is 0. The molecule has 0 aliphatic rings. The van der Waals surface area contributed by atoms with E-state index in [1.54, 1.807) is 23.7 Å². The number of hydrogen-bond acceptors (Lipinski definition) is 3. The van der Waals surface area contributed by atoms with Gasteiger partial charge in [0.1, 0.15) is 0 Å². The van der Waals surface area contributed by atoms with Crippen molar-refractivity contribution in [3.63, 3.8) is 0 Å². The van der Waals surface area contributed by atoms with Gasteiger partial charge in [-0.15, -0.1) is 0 Å². The molecule has 4 rings (SSSR count). The van der Waals surface area contributed by atoms with Crippen LogP contribution in [0.4, 0.5) is 0 Å². The third-order valence-corrected chi connectivity index (χ3v) is 4.84. The molecule has 30 heavy (non-hydrogen) atoms. The van der Waals surface area contributed by atoms with E-state index in [-0.39, 0.29) is 0 Å². The lowest BCUT2D eigenvalue weighted by Crippen LogP contribution is -2.42. The lowest BCUT2D eigenvalue weighted by atomic mass is 10.1. The van der Waals surface area contributed by atoms with Crippen LogP contribution in [0.1, 0.15) is 32.1 Å². The van der Waals surface area contributed by atoms with Crippen LogP contribution in [0.5, 0.6) is 0 Å². The molecule has 2 aromatic heterocycles. The highest BCUT2D eigenvalue weighted by Gasteiger charge is 2.20. The quantitative estimate of drug-likeness (QED) is 0.517. The monoisotopic (exact) mass is 399 g/mol. The number of carbonyl (C=O) groups excluding carboxylic acids is 2. The van der Waals surface area contributed by atoms with E-state index in [9.17, 15) is 9.59 Å². The minimum absolute atomic E-state index is 0.404. The van der Waals surface area contributed by atoms with E-state index < -0.39 is 11.8 Å². The standard InChI is InChI=1S/C23H21N5O2/c1-16-21(17(2)28(26-16)18-10-4-3-5-11-18)23(30)25-24-22(29)19-12-6-7-13-20(19)27-14-8-9-15-27/h3-15H,1-2H3,(H,24,29)(H,25,30). The molecule has 0 saturated heterocycles. The SMILES string of the molecule is Cc1nn(-c2ccccc2)c(C)c1C(=O)NNC(=O)c1ccccc1-n1cccc1. The summed E-state index contributed by atoms with van der Waals surface area (Å²) in [7, 11) is 0. The molecule has 0 bridgehead atoms. The van der Waals surface area contributed by atoms with Gasteiger partial charge >= 0.3 is 0 Å². The van der Waals surface area contributed by atoms with Crippen LogP contribution in [0.25, 0.3) is 11.4 Å². The molecule has 2 N–H and O–H groups in total. The van der Waals surface area contributed by atoms with E-state index in [1.165, 1.54) is 0 Å². The number of amides is 2. The Labute approximate surface area is 173 Å². The van der Waals surface area contributed by atoms with Gasteiger partial charge in [-0.3, -0.25) is 20.4 Å². The van der Waals surface area contributed by atoms with E-state index in [0.29, 0.717) is 22.5 Å². The first kappa shape index (κ1) is 19.2. The zero-order valence-electron chi connectivity index (χ0n) is 16.7. The van der Waals surface area contributed by atoms with Gasteiger partial charge < -0.3 is 4.57 Å². The van der Waals surface area contributed by atoms with Crippen molar-refractivity contribution in [1.82, 2.24) is 25.2 Å². The summed E-state index contributed by atoms with van der Waals surface area (Å²) in [6, 6.07) is 20.5. The molecule has 0 spiro atoms. The summed E-state index contributed by atoms with van der Waals surface area (Å²) in [5, 5.41) is 4.47. The molecule has 2 amide bonds. The summed E-state index contributed by atoms with van der Waals surface area (Å²) in [4.78, 5) is 25.5. The number of hydrazine groups is 1. The molecule has 0 aliphatic heterocycles. The Kier molecular flexibility index (Phi) is 5.17. The van der Waals surface area contributed by atoms with E-state index in [2.05, 4.69) is 16.0 Å². The van der Waals surface area contributed by atoms with Crippen LogP contribution < -0.4 is 10.9 Å². The smallest absolute Gasteiger partial charge is 0.273 e. The first-order valence-electron chi connectivity index (χ1n) is 9.51. The van der Waals surface area contributed by atoms with Gasteiger partial charge in [-0.25, -0.2) is 4.68 Å². The van der Waals surface area contributed by atoms with E-state index >= 15 is 0 Å². The Morgan fingerprint density at radius 1 is 0.800 bits per heavy atom. The highest BCUT2D eigenvalue weighted by Crippen LogP contribution is 2.18. The van der Waals surface area contributed by atoms with Crippen molar-refractivity contribution in [2.45, 2.75) is 13.8 Å². The van der Waals surface area contributed by atoms with Crippen LogP contribution >= 0.6 is 0 Å². The van der Waals surface area contributed by atoms with Crippen molar-refractivity contribution < 1.29 is 9.59 Å². The molecule has 0 aliphatic carbocycles. The number of aromatic nitrogens is 3.